The number of hydrogen-bond acceptors (Lipinski definition) is 6. The Bertz CT molecular complexity index is 897. The summed E-state index contributed by atoms with van der Waals surface area (Å²) in [4.78, 5) is 22.8. The molecule has 1 fully saturated rings. The van der Waals surface area contributed by atoms with Crippen LogP contribution >= 0.6 is 0 Å². The van der Waals surface area contributed by atoms with Gasteiger partial charge >= 0.3 is 0 Å². The maximum atomic E-state index is 12.2. The number of nitro benzene ring substituents is 1. The quantitative estimate of drug-likeness (QED) is 0.505. The monoisotopic (exact) mass is 353 g/mol. The number of carbonyl (C=O) groups excluding carboxylic acids is 1. The molecule has 2 aromatic rings. The molecular formula is C18H15N3O5. The number of carbonyl (C=O) groups is 1. The van der Waals surface area contributed by atoms with Crippen LogP contribution in [0, 0.1) is 16.0 Å². The standard InChI is InChI=1S/C18H15N3O5/c22-18(14-7-13(14)11-4-2-1-3-5-11)20-19-9-12-6-16-17(26-10-25-16)8-15(12)21(23)24/h1-6,8-9,13-14H,7,10H2,(H,20,22)/b19-9+. The van der Waals surface area contributed by atoms with Crippen LogP contribution < -0.4 is 14.9 Å². The largest absolute Gasteiger partial charge is 0.454 e. The number of rotatable bonds is 5. The van der Waals surface area contributed by atoms with Crippen molar-refractivity contribution in [2.45, 2.75) is 12.3 Å². The number of fused-ring (bicyclic) bond motifs is 1. The molecule has 132 valence electrons. The number of hydrazone groups is 1. The summed E-state index contributed by atoms with van der Waals surface area (Å²) in [7, 11) is 0. The molecule has 8 nitrogen and oxygen atoms in total. The predicted molar refractivity (Wildman–Crippen MR) is 92.2 cm³/mol. The highest BCUT2D eigenvalue weighted by Crippen LogP contribution is 2.47. The fourth-order valence-corrected chi connectivity index (χ4v) is 3.01. The second kappa shape index (κ2) is 6.47. The second-order valence-corrected chi connectivity index (χ2v) is 6.12. The fourth-order valence-electron chi connectivity index (χ4n) is 3.01. The third-order valence-corrected chi connectivity index (χ3v) is 4.45. The van der Waals surface area contributed by atoms with E-state index in [0.29, 0.717) is 11.5 Å². The Morgan fingerprint density at radius 1 is 1.23 bits per heavy atom. The number of nitrogens with one attached hydrogen (secondary N) is 1. The lowest BCUT2D eigenvalue weighted by Crippen LogP contribution is -2.20. The second-order valence-electron chi connectivity index (χ2n) is 6.12. The Morgan fingerprint density at radius 2 is 1.96 bits per heavy atom. The Morgan fingerprint density at radius 3 is 2.69 bits per heavy atom. The Balaban J connectivity index is 1.43. The van der Waals surface area contributed by atoms with Crippen molar-refractivity contribution in [2.24, 2.45) is 11.0 Å². The smallest absolute Gasteiger partial charge is 0.282 e. The summed E-state index contributed by atoms with van der Waals surface area (Å²) in [5.74, 6) is 0.613. The zero-order chi connectivity index (χ0) is 18.1. The van der Waals surface area contributed by atoms with E-state index in [1.165, 1.54) is 18.3 Å². The van der Waals surface area contributed by atoms with Crippen LogP contribution in [-0.4, -0.2) is 23.8 Å². The van der Waals surface area contributed by atoms with E-state index in [0.717, 1.165) is 12.0 Å². The molecule has 1 saturated carbocycles. The van der Waals surface area contributed by atoms with E-state index in [9.17, 15) is 14.9 Å². The van der Waals surface area contributed by atoms with Crippen molar-refractivity contribution in [1.82, 2.24) is 5.43 Å². The van der Waals surface area contributed by atoms with E-state index in [1.807, 2.05) is 30.3 Å². The third kappa shape index (κ3) is 3.08. The van der Waals surface area contributed by atoms with Crippen LogP contribution in [-0.2, 0) is 4.79 Å². The molecule has 0 spiro atoms. The molecule has 0 bridgehead atoms. The van der Waals surface area contributed by atoms with Crippen molar-refractivity contribution in [3.63, 3.8) is 0 Å². The minimum absolute atomic E-state index is 0.0202. The first-order valence-corrected chi connectivity index (χ1v) is 8.09. The third-order valence-electron chi connectivity index (χ3n) is 4.45. The molecule has 1 aliphatic carbocycles. The number of benzene rings is 2. The first-order chi connectivity index (χ1) is 12.6. The normalized spacial score (nSPS) is 20.2. The van der Waals surface area contributed by atoms with Gasteiger partial charge in [0.2, 0.25) is 12.7 Å². The van der Waals surface area contributed by atoms with E-state index < -0.39 is 4.92 Å². The van der Waals surface area contributed by atoms with Gasteiger partial charge < -0.3 is 9.47 Å². The van der Waals surface area contributed by atoms with Gasteiger partial charge in [-0.1, -0.05) is 30.3 Å². The summed E-state index contributed by atoms with van der Waals surface area (Å²) in [6.45, 7) is 0.0202. The molecule has 1 heterocycles. The van der Waals surface area contributed by atoms with Gasteiger partial charge in [-0.3, -0.25) is 14.9 Å². The van der Waals surface area contributed by atoms with Crippen LogP contribution in [0.15, 0.2) is 47.6 Å². The van der Waals surface area contributed by atoms with Gasteiger partial charge in [-0.05, 0) is 24.0 Å². The highest BCUT2D eigenvalue weighted by atomic mass is 16.7. The van der Waals surface area contributed by atoms with Crippen LogP contribution in [0.1, 0.15) is 23.5 Å². The molecule has 0 radical (unpaired) electrons. The van der Waals surface area contributed by atoms with Gasteiger partial charge in [0.1, 0.15) is 0 Å². The van der Waals surface area contributed by atoms with Crippen LogP contribution in [0.2, 0.25) is 0 Å². The highest BCUT2D eigenvalue weighted by molar-refractivity contribution is 5.89. The molecule has 26 heavy (non-hydrogen) atoms. The number of hydrogen-bond donors (Lipinski definition) is 1. The van der Waals surface area contributed by atoms with Gasteiger partial charge in [-0.2, -0.15) is 5.10 Å². The van der Waals surface area contributed by atoms with Crippen LogP contribution in [0.5, 0.6) is 11.5 Å². The van der Waals surface area contributed by atoms with Crippen molar-refractivity contribution in [1.29, 1.82) is 0 Å². The van der Waals surface area contributed by atoms with Crippen LogP contribution in [0.3, 0.4) is 0 Å². The van der Waals surface area contributed by atoms with Gasteiger partial charge in [-0.25, -0.2) is 5.43 Å². The first kappa shape index (κ1) is 16.1. The van der Waals surface area contributed by atoms with Gasteiger partial charge in [0.15, 0.2) is 11.5 Å². The van der Waals surface area contributed by atoms with Crippen molar-refractivity contribution in [3.05, 3.63) is 63.7 Å². The van der Waals surface area contributed by atoms with Gasteiger partial charge in [0.25, 0.3) is 5.69 Å². The van der Waals surface area contributed by atoms with E-state index >= 15 is 0 Å². The summed E-state index contributed by atoms with van der Waals surface area (Å²) >= 11 is 0. The average Bonchev–Trinajstić information content (AvgIpc) is 3.32. The molecular weight excluding hydrogens is 338 g/mol. The van der Waals surface area contributed by atoms with Crippen molar-refractivity contribution in [3.8, 4) is 11.5 Å². The zero-order valence-electron chi connectivity index (χ0n) is 13.6. The summed E-state index contributed by atoms with van der Waals surface area (Å²) < 4.78 is 10.4. The van der Waals surface area contributed by atoms with E-state index in [-0.39, 0.29) is 35.8 Å². The zero-order valence-corrected chi connectivity index (χ0v) is 13.6. The number of ether oxygens (including phenoxy) is 2. The minimum atomic E-state index is -0.530. The molecule has 1 aliphatic heterocycles. The molecule has 0 aromatic heterocycles. The van der Waals surface area contributed by atoms with Crippen molar-refractivity contribution >= 4 is 17.8 Å². The molecule has 0 saturated heterocycles. The maximum Gasteiger partial charge on any atom is 0.282 e. The summed E-state index contributed by atoms with van der Waals surface area (Å²) in [5, 5.41) is 15.1. The Labute approximate surface area is 148 Å². The molecule has 2 aromatic carbocycles. The van der Waals surface area contributed by atoms with E-state index in [4.69, 9.17) is 9.47 Å². The molecule has 2 atom stereocenters. The summed E-state index contributed by atoms with van der Waals surface area (Å²) in [5.41, 5.74) is 3.66. The lowest BCUT2D eigenvalue weighted by molar-refractivity contribution is -0.385. The molecule has 2 aliphatic rings. The highest BCUT2D eigenvalue weighted by Gasteiger charge is 2.43. The molecule has 2 unspecified atom stereocenters. The molecule has 4 rings (SSSR count). The lowest BCUT2D eigenvalue weighted by atomic mass is 10.1. The summed E-state index contributed by atoms with van der Waals surface area (Å²) in [6.07, 6.45) is 2.02. The van der Waals surface area contributed by atoms with Gasteiger partial charge in [0, 0.05) is 5.92 Å². The topological polar surface area (TPSA) is 103 Å². The molecule has 1 amide bonds. The predicted octanol–water partition coefficient (Wildman–Crippen LogP) is 2.58. The van der Waals surface area contributed by atoms with E-state index in [1.54, 1.807) is 0 Å². The van der Waals surface area contributed by atoms with E-state index in [2.05, 4.69) is 10.5 Å². The minimum Gasteiger partial charge on any atom is -0.454 e. The fraction of sp³-hybridized carbons (Fsp3) is 0.222. The van der Waals surface area contributed by atoms with Crippen molar-refractivity contribution in [2.75, 3.05) is 6.79 Å². The van der Waals surface area contributed by atoms with Gasteiger partial charge in [0.05, 0.1) is 22.8 Å². The van der Waals surface area contributed by atoms with Crippen LogP contribution in [0.4, 0.5) is 5.69 Å². The lowest BCUT2D eigenvalue weighted by Gasteiger charge is -2.02. The Hall–Kier alpha value is -3.42. The van der Waals surface area contributed by atoms with Gasteiger partial charge in [-0.15, -0.1) is 0 Å². The maximum absolute atomic E-state index is 12.2. The number of nitro groups is 1. The first-order valence-electron chi connectivity index (χ1n) is 8.09. The molecule has 1 N–H and O–H groups in total. The molecule has 8 heteroatoms. The van der Waals surface area contributed by atoms with Crippen LogP contribution in [0.25, 0.3) is 0 Å². The number of amides is 1. The summed E-state index contributed by atoms with van der Waals surface area (Å²) in [6, 6.07) is 12.6. The number of nitrogens with zero attached hydrogens (tertiary/aromatic N) is 2. The SMILES string of the molecule is O=C(N/N=C/c1cc2c(cc1[N+](=O)[O-])OCO2)C1CC1c1ccccc1. The Kier molecular flexibility index (Phi) is 4.00. The van der Waals surface area contributed by atoms with Crippen molar-refractivity contribution < 1.29 is 19.2 Å². The average molecular weight is 353 g/mol.